The van der Waals surface area contributed by atoms with Crippen LogP contribution in [0.15, 0.2) is 0 Å². The van der Waals surface area contributed by atoms with E-state index in [4.69, 9.17) is 11.8 Å². The van der Waals surface area contributed by atoms with E-state index in [0.29, 0.717) is 6.04 Å². The van der Waals surface area contributed by atoms with Crippen LogP contribution in [0.1, 0.15) is 34.6 Å². The molecule has 0 radical (unpaired) electrons. The van der Waals surface area contributed by atoms with E-state index >= 15 is 0 Å². The molecule has 0 aliphatic carbocycles. The van der Waals surface area contributed by atoms with Crippen molar-refractivity contribution in [2.75, 3.05) is 0 Å². The fourth-order valence-electron chi connectivity index (χ4n) is 0.775. The highest BCUT2D eigenvalue weighted by molar-refractivity contribution is 6.13. The Kier molecular flexibility index (Phi) is 6.53. The van der Waals surface area contributed by atoms with Crippen LogP contribution >= 0.6 is 11.8 Å². The highest BCUT2D eigenvalue weighted by Crippen LogP contribution is 2.18. The van der Waals surface area contributed by atoms with Crippen LogP contribution in [-0.2, 0) is 0 Å². The third kappa shape index (κ3) is 4.77. The molecule has 0 aromatic heterocycles. The molecule has 0 bridgehead atoms. The van der Waals surface area contributed by atoms with Crippen molar-refractivity contribution in [3.8, 4) is 0 Å². The lowest BCUT2D eigenvalue weighted by molar-refractivity contribution is 0.219. The zero-order valence-corrected chi connectivity index (χ0v) is 7.66. The van der Waals surface area contributed by atoms with Crippen LogP contribution in [0.2, 0.25) is 0 Å². The van der Waals surface area contributed by atoms with Crippen molar-refractivity contribution in [1.29, 1.82) is 0 Å². The predicted octanol–water partition coefficient (Wildman–Crippen LogP) is 1.73. The van der Waals surface area contributed by atoms with Gasteiger partial charge in [-0.15, -0.1) is 0 Å². The third-order valence-electron chi connectivity index (χ3n) is 1.09. The molecular weight excluding hydrogens is 158 g/mol. The molecule has 0 saturated heterocycles. The topological polar surface area (TPSA) is 3.24 Å². The maximum absolute atomic E-state index is 5.93. The molecule has 1 nitrogen and oxygen atoms in total. The Morgan fingerprint density at radius 3 is 1.50 bits per heavy atom. The average Bonchev–Trinajstić information content (AvgIpc) is 1.62. The van der Waals surface area contributed by atoms with Gasteiger partial charge >= 0.3 is 23.1 Å². The minimum Gasteiger partial charge on any atom is -0.212 e. The van der Waals surface area contributed by atoms with Gasteiger partial charge in [-0.25, -0.2) is 4.42 Å². The molecule has 3 heteroatoms. The van der Waals surface area contributed by atoms with Crippen molar-refractivity contribution in [3.05, 3.63) is 0 Å². The Labute approximate surface area is 85.4 Å². The lowest BCUT2D eigenvalue weighted by Gasteiger charge is -2.31. The molecule has 0 fully saturated rings. The second kappa shape index (κ2) is 4.81. The van der Waals surface area contributed by atoms with Crippen molar-refractivity contribution in [3.63, 3.8) is 0 Å². The number of nitrogens with zero attached hydrogens (tertiary/aromatic N) is 1. The van der Waals surface area contributed by atoms with Crippen LogP contribution in [0, 0.1) is 0 Å². The average molecular weight is 176 g/mol. The summed E-state index contributed by atoms with van der Waals surface area (Å²) >= 11 is 5.93. The van der Waals surface area contributed by atoms with E-state index in [-0.39, 0.29) is 28.6 Å². The minimum absolute atomic E-state index is 0. The van der Waals surface area contributed by atoms with Gasteiger partial charge in [0.1, 0.15) is 0 Å². The summed E-state index contributed by atoms with van der Waals surface area (Å²) in [7, 11) is 0. The fraction of sp³-hybridized carbons (Fsp3) is 1.00. The second-order valence-electron chi connectivity index (χ2n) is 3.58. The maximum Gasteiger partial charge on any atom is 0.316 e. The first-order valence-electron chi connectivity index (χ1n) is 3.31. The van der Waals surface area contributed by atoms with Gasteiger partial charge < -0.3 is 0 Å². The summed E-state index contributed by atoms with van der Waals surface area (Å²) in [5, 5.41) is 0. The van der Waals surface area contributed by atoms with Gasteiger partial charge in [-0.1, -0.05) is 0 Å². The minimum atomic E-state index is 0. The van der Waals surface area contributed by atoms with E-state index in [1.54, 1.807) is 0 Å². The fourth-order valence-corrected chi connectivity index (χ4v) is 0.775. The molecule has 0 aromatic rings. The quantitative estimate of drug-likeness (QED) is 0.434. The molecule has 0 rings (SSSR count). The Morgan fingerprint density at radius 2 is 1.50 bits per heavy atom. The normalized spacial score (nSPS) is 12.0. The van der Waals surface area contributed by atoms with Crippen LogP contribution in [0.3, 0.4) is 0 Å². The number of hydrogen-bond donors (Lipinski definition) is 0. The van der Waals surface area contributed by atoms with E-state index in [0.717, 1.165) is 0 Å². The zero-order chi connectivity index (χ0) is 7.65. The first-order valence-corrected chi connectivity index (χ1v) is 3.64. The first kappa shape index (κ1) is 13.6. The van der Waals surface area contributed by atoms with Crippen LogP contribution in [0.4, 0.5) is 0 Å². The third-order valence-corrected chi connectivity index (χ3v) is 1.99. The van der Waals surface area contributed by atoms with Crippen LogP contribution in [0.25, 0.3) is 0 Å². The summed E-state index contributed by atoms with van der Waals surface area (Å²) in [6, 6.07) is 0.409. The van der Waals surface area contributed by atoms with Gasteiger partial charge in [-0.05, 0) is 46.4 Å². The molecule has 10 heavy (non-hydrogen) atoms. The monoisotopic (exact) mass is 175 g/mol. The molecule has 0 aromatic carbocycles. The molecule has 0 atom stereocenters. The Bertz CT molecular complexity index is 88.1. The van der Waals surface area contributed by atoms with E-state index in [1.165, 1.54) is 0 Å². The van der Waals surface area contributed by atoms with E-state index in [1.807, 2.05) is 4.42 Å². The largest absolute Gasteiger partial charge is 0.316 e. The molecular formula is C7H18ClMgN. The summed E-state index contributed by atoms with van der Waals surface area (Å²) in [4.78, 5) is 0. The smallest absolute Gasteiger partial charge is 0.212 e. The maximum atomic E-state index is 5.93. The number of halogens is 1. The van der Waals surface area contributed by atoms with Crippen molar-refractivity contribution in [2.24, 2.45) is 0 Å². The predicted molar refractivity (Wildman–Crippen MR) is 51.1 cm³/mol. The Balaban J connectivity index is 0. The summed E-state index contributed by atoms with van der Waals surface area (Å²) in [5.74, 6) is 0. The lowest BCUT2D eigenvalue weighted by Crippen LogP contribution is -2.38. The number of hydrogen-bond acceptors (Lipinski definition) is 1. The lowest BCUT2D eigenvalue weighted by atomic mass is 10.1. The molecule has 0 unspecified atom stereocenters. The zero-order valence-electron chi connectivity index (χ0n) is 6.90. The van der Waals surface area contributed by atoms with Gasteiger partial charge in [-0.3, -0.25) is 0 Å². The van der Waals surface area contributed by atoms with Gasteiger partial charge in [-0.2, -0.15) is 0 Å². The molecule has 60 valence electrons. The van der Waals surface area contributed by atoms with Crippen LogP contribution < -0.4 is 0 Å². The Hall–Kier alpha value is 1.02. The van der Waals surface area contributed by atoms with Gasteiger partial charge in [0, 0.05) is 11.6 Å². The molecule has 0 saturated carbocycles. The van der Waals surface area contributed by atoms with Gasteiger partial charge in [0.15, 0.2) is 0 Å². The molecule has 0 aliphatic heterocycles. The van der Waals surface area contributed by atoms with Gasteiger partial charge in [0.05, 0.1) is 0 Å². The number of rotatable bonds is 1. The first-order chi connectivity index (χ1) is 3.85. The van der Waals surface area contributed by atoms with Crippen molar-refractivity contribution >= 4 is 34.8 Å². The van der Waals surface area contributed by atoms with Gasteiger partial charge in [0.25, 0.3) is 0 Å². The summed E-state index contributed by atoms with van der Waals surface area (Å²) < 4.78 is 1.83. The SMILES string of the molecule is CC(C)N(Cl)C(C)(C)C.[MgH2]. The summed E-state index contributed by atoms with van der Waals surface area (Å²) in [6.45, 7) is 10.5. The molecule has 0 amide bonds. The van der Waals surface area contributed by atoms with Crippen LogP contribution in [0.5, 0.6) is 0 Å². The highest BCUT2D eigenvalue weighted by atomic mass is 35.5. The standard InChI is InChI=1S/C7H16ClN.Mg.2H/c1-6(2)9(8)7(3,4)5;;;/h6H,1-5H3;;;. The van der Waals surface area contributed by atoms with Crippen molar-refractivity contribution < 1.29 is 0 Å². The molecule has 0 spiro atoms. The van der Waals surface area contributed by atoms with Crippen molar-refractivity contribution in [1.82, 2.24) is 4.42 Å². The Morgan fingerprint density at radius 1 is 1.20 bits per heavy atom. The molecule has 0 N–H and O–H groups in total. The highest BCUT2D eigenvalue weighted by Gasteiger charge is 2.21. The summed E-state index contributed by atoms with van der Waals surface area (Å²) in [5.41, 5.74) is 0.0791. The van der Waals surface area contributed by atoms with Crippen molar-refractivity contribution in [2.45, 2.75) is 46.2 Å². The van der Waals surface area contributed by atoms with E-state index in [9.17, 15) is 0 Å². The van der Waals surface area contributed by atoms with E-state index < -0.39 is 0 Å². The van der Waals surface area contributed by atoms with Gasteiger partial charge in [0.2, 0.25) is 0 Å². The molecule has 0 heterocycles. The van der Waals surface area contributed by atoms with E-state index in [2.05, 4.69) is 34.6 Å². The van der Waals surface area contributed by atoms with Crippen LogP contribution in [-0.4, -0.2) is 39.1 Å². The second-order valence-corrected chi connectivity index (χ2v) is 3.94. The summed E-state index contributed by atoms with van der Waals surface area (Å²) in [6.07, 6.45) is 0. The molecule has 0 aliphatic rings.